The van der Waals surface area contributed by atoms with Crippen molar-refractivity contribution in [1.82, 2.24) is 4.90 Å². The average molecular weight is 185 g/mol. The van der Waals surface area contributed by atoms with Gasteiger partial charge in [-0.25, -0.2) is 0 Å². The van der Waals surface area contributed by atoms with E-state index in [1.54, 1.807) is 0 Å². The van der Waals surface area contributed by atoms with E-state index in [2.05, 4.69) is 39.6 Å². The first-order valence-corrected chi connectivity index (χ1v) is 5.33. The fourth-order valence-electron chi connectivity index (χ4n) is 2.19. The quantitative estimate of drug-likeness (QED) is 0.669. The van der Waals surface area contributed by atoms with Crippen molar-refractivity contribution in [3.8, 4) is 0 Å². The Labute approximate surface area is 82.3 Å². The van der Waals surface area contributed by atoms with Gasteiger partial charge in [-0.3, -0.25) is 4.90 Å². The monoisotopic (exact) mass is 185 g/mol. The third-order valence-corrected chi connectivity index (χ3v) is 3.40. The summed E-state index contributed by atoms with van der Waals surface area (Å²) in [6.07, 6.45) is 3.23. The summed E-state index contributed by atoms with van der Waals surface area (Å²) >= 11 is 0. The molecule has 1 aliphatic rings. The fraction of sp³-hybridized carbons (Fsp3) is 1.00. The van der Waals surface area contributed by atoms with Crippen molar-refractivity contribution in [1.29, 1.82) is 0 Å². The van der Waals surface area contributed by atoms with Gasteiger partial charge in [0.2, 0.25) is 0 Å². The topological polar surface area (TPSA) is 12.5 Å². The van der Waals surface area contributed by atoms with Crippen LogP contribution in [0.1, 0.15) is 40.5 Å². The molecule has 0 amide bonds. The summed E-state index contributed by atoms with van der Waals surface area (Å²) in [5.41, 5.74) is 0.254. The Morgan fingerprint density at radius 3 is 2.31 bits per heavy atom. The van der Waals surface area contributed by atoms with Gasteiger partial charge in [-0.05, 0) is 54.1 Å². The van der Waals surface area contributed by atoms with Gasteiger partial charge in [0.25, 0.3) is 0 Å². The van der Waals surface area contributed by atoms with E-state index in [0.717, 1.165) is 0 Å². The summed E-state index contributed by atoms with van der Waals surface area (Å²) in [7, 11) is 2.20. The molecule has 0 saturated carbocycles. The van der Waals surface area contributed by atoms with Crippen LogP contribution in [-0.2, 0) is 4.74 Å². The standard InChI is InChI=1S/C11H23NO/c1-9(2)13-10(3)11(4)7-6-8-12(11)5/h9-10H,6-8H2,1-5H3/t10-,11-/m0/s1. The number of hydrogen-bond donors (Lipinski definition) is 0. The molecule has 1 heterocycles. The molecule has 0 aromatic rings. The number of likely N-dealkylation sites (N-methyl/N-ethyl adjacent to an activating group) is 1. The second kappa shape index (κ2) is 3.97. The van der Waals surface area contributed by atoms with Gasteiger partial charge < -0.3 is 4.74 Å². The normalized spacial score (nSPS) is 32.8. The van der Waals surface area contributed by atoms with E-state index in [1.807, 2.05) is 0 Å². The number of rotatable bonds is 3. The molecule has 2 nitrogen and oxygen atoms in total. The number of ether oxygens (including phenoxy) is 1. The first-order valence-electron chi connectivity index (χ1n) is 5.33. The van der Waals surface area contributed by atoms with E-state index in [9.17, 15) is 0 Å². The summed E-state index contributed by atoms with van der Waals surface area (Å²) in [5.74, 6) is 0. The molecule has 0 N–H and O–H groups in total. The van der Waals surface area contributed by atoms with Crippen LogP contribution in [0, 0.1) is 0 Å². The minimum absolute atomic E-state index is 0.254. The average Bonchev–Trinajstić information content (AvgIpc) is 2.32. The van der Waals surface area contributed by atoms with E-state index in [0.29, 0.717) is 12.2 Å². The molecule has 0 spiro atoms. The van der Waals surface area contributed by atoms with E-state index in [4.69, 9.17) is 4.74 Å². The lowest BCUT2D eigenvalue weighted by Crippen LogP contribution is -2.49. The molecule has 78 valence electrons. The molecule has 2 atom stereocenters. The maximum absolute atomic E-state index is 5.87. The van der Waals surface area contributed by atoms with Crippen LogP contribution in [0.5, 0.6) is 0 Å². The van der Waals surface area contributed by atoms with Gasteiger partial charge in [-0.1, -0.05) is 0 Å². The molecule has 13 heavy (non-hydrogen) atoms. The van der Waals surface area contributed by atoms with Crippen LogP contribution >= 0.6 is 0 Å². The van der Waals surface area contributed by atoms with Crippen molar-refractivity contribution in [2.24, 2.45) is 0 Å². The van der Waals surface area contributed by atoms with Crippen molar-refractivity contribution >= 4 is 0 Å². The molecular formula is C11H23NO. The Bertz CT molecular complexity index is 169. The van der Waals surface area contributed by atoms with Crippen molar-refractivity contribution in [2.75, 3.05) is 13.6 Å². The molecule has 2 heteroatoms. The molecule has 0 unspecified atom stereocenters. The summed E-state index contributed by atoms with van der Waals surface area (Å²) < 4.78 is 5.87. The smallest absolute Gasteiger partial charge is 0.0731 e. The molecule has 0 aliphatic carbocycles. The van der Waals surface area contributed by atoms with Crippen LogP contribution in [0.3, 0.4) is 0 Å². The summed E-state index contributed by atoms with van der Waals surface area (Å²) in [6, 6.07) is 0. The first kappa shape index (κ1) is 11.0. The van der Waals surface area contributed by atoms with Crippen LogP contribution in [0.25, 0.3) is 0 Å². The molecule has 0 aromatic carbocycles. The highest BCUT2D eigenvalue weighted by atomic mass is 16.5. The maximum atomic E-state index is 5.87. The minimum atomic E-state index is 0.254. The zero-order valence-electron chi connectivity index (χ0n) is 9.63. The predicted octanol–water partition coefficient (Wildman–Crippen LogP) is 2.28. The SMILES string of the molecule is CC(C)O[C@@H](C)[C@]1(C)CCCN1C. The van der Waals surface area contributed by atoms with Gasteiger partial charge in [-0.2, -0.15) is 0 Å². The highest BCUT2D eigenvalue weighted by Gasteiger charge is 2.39. The van der Waals surface area contributed by atoms with E-state index in [1.165, 1.54) is 19.4 Å². The van der Waals surface area contributed by atoms with Gasteiger partial charge in [0.05, 0.1) is 12.2 Å². The Morgan fingerprint density at radius 1 is 1.31 bits per heavy atom. The van der Waals surface area contributed by atoms with Crippen molar-refractivity contribution < 1.29 is 4.74 Å². The van der Waals surface area contributed by atoms with Gasteiger partial charge in [0.1, 0.15) is 0 Å². The highest BCUT2D eigenvalue weighted by Crippen LogP contribution is 2.32. The summed E-state index contributed by atoms with van der Waals surface area (Å²) in [5, 5.41) is 0. The van der Waals surface area contributed by atoms with Crippen LogP contribution in [-0.4, -0.2) is 36.2 Å². The molecule has 1 fully saturated rings. The summed E-state index contributed by atoms with van der Waals surface area (Å²) in [4.78, 5) is 2.43. The number of hydrogen-bond acceptors (Lipinski definition) is 2. The number of nitrogens with zero attached hydrogens (tertiary/aromatic N) is 1. The van der Waals surface area contributed by atoms with Gasteiger partial charge in [0, 0.05) is 5.54 Å². The third kappa shape index (κ3) is 2.23. The van der Waals surface area contributed by atoms with Crippen molar-refractivity contribution in [3.63, 3.8) is 0 Å². The van der Waals surface area contributed by atoms with Gasteiger partial charge >= 0.3 is 0 Å². The molecule has 1 aliphatic heterocycles. The number of likely N-dealkylation sites (tertiary alicyclic amines) is 1. The lowest BCUT2D eigenvalue weighted by molar-refractivity contribution is -0.0593. The maximum Gasteiger partial charge on any atom is 0.0731 e. The molecule has 0 radical (unpaired) electrons. The molecule has 0 aromatic heterocycles. The van der Waals surface area contributed by atoms with Crippen molar-refractivity contribution in [2.45, 2.75) is 58.3 Å². The molecular weight excluding hydrogens is 162 g/mol. The van der Waals surface area contributed by atoms with Crippen LogP contribution in [0.15, 0.2) is 0 Å². The molecule has 1 rings (SSSR count). The zero-order chi connectivity index (χ0) is 10.1. The molecule has 0 bridgehead atoms. The highest BCUT2D eigenvalue weighted by molar-refractivity contribution is 4.95. The Hall–Kier alpha value is -0.0800. The first-order chi connectivity index (χ1) is 5.97. The van der Waals surface area contributed by atoms with E-state index in [-0.39, 0.29) is 5.54 Å². The second-order valence-electron chi connectivity index (χ2n) is 4.71. The van der Waals surface area contributed by atoms with Gasteiger partial charge in [0.15, 0.2) is 0 Å². The lowest BCUT2D eigenvalue weighted by Gasteiger charge is -2.38. The Kier molecular flexibility index (Phi) is 3.36. The lowest BCUT2D eigenvalue weighted by atomic mass is 9.93. The van der Waals surface area contributed by atoms with Crippen LogP contribution < -0.4 is 0 Å². The Balaban J connectivity index is 2.57. The minimum Gasteiger partial charge on any atom is -0.374 e. The summed E-state index contributed by atoms with van der Waals surface area (Å²) in [6.45, 7) is 9.93. The Morgan fingerprint density at radius 2 is 1.92 bits per heavy atom. The molecule has 1 saturated heterocycles. The fourth-order valence-corrected chi connectivity index (χ4v) is 2.19. The van der Waals surface area contributed by atoms with Crippen molar-refractivity contribution in [3.05, 3.63) is 0 Å². The largest absolute Gasteiger partial charge is 0.374 e. The predicted molar refractivity (Wildman–Crippen MR) is 56.0 cm³/mol. The van der Waals surface area contributed by atoms with E-state index < -0.39 is 0 Å². The van der Waals surface area contributed by atoms with Crippen LogP contribution in [0.2, 0.25) is 0 Å². The third-order valence-electron chi connectivity index (χ3n) is 3.40. The van der Waals surface area contributed by atoms with Crippen LogP contribution in [0.4, 0.5) is 0 Å². The zero-order valence-corrected chi connectivity index (χ0v) is 9.63. The van der Waals surface area contributed by atoms with E-state index >= 15 is 0 Å². The van der Waals surface area contributed by atoms with Gasteiger partial charge in [-0.15, -0.1) is 0 Å². The second-order valence-corrected chi connectivity index (χ2v) is 4.71.